The maximum atomic E-state index is 4.60. The number of nitrogens with zero attached hydrogens (tertiary/aromatic N) is 4. The Morgan fingerprint density at radius 1 is 1.15 bits per heavy atom. The van der Waals surface area contributed by atoms with Gasteiger partial charge in [0.25, 0.3) is 0 Å². The average molecular weight is 276 g/mol. The van der Waals surface area contributed by atoms with Gasteiger partial charge in [0.2, 0.25) is 17.8 Å². The Morgan fingerprint density at radius 2 is 1.80 bits per heavy atom. The lowest BCUT2D eigenvalue weighted by atomic mass is 10.2. The molecule has 1 aromatic rings. The standard InChI is InChI=1S/C14H24N6/c1-4-15-11-17-12(16-10-9-14(10,2)3)19-13(18-11)20-7-5-6-8-20/h10H,4-9H2,1-3H3,(H2,15,16,17,18,19). The molecular formula is C14H24N6. The van der Waals surface area contributed by atoms with Gasteiger partial charge in [-0.1, -0.05) is 13.8 Å². The van der Waals surface area contributed by atoms with Crippen LogP contribution >= 0.6 is 0 Å². The minimum atomic E-state index is 0.360. The Labute approximate surface area is 120 Å². The highest BCUT2D eigenvalue weighted by molar-refractivity contribution is 5.45. The zero-order chi connectivity index (χ0) is 14.2. The first-order chi connectivity index (χ1) is 9.58. The van der Waals surface area contributed by atoms with Gasteiger partial charge in [-0.25, -0.2) is 0 Å². The summed E-state index contributed by atoms with van der Waals surface area (Å²) < 4.78 is 0. The van der Waals surface area contributed by atoms with Gasteiger partial charge in [0.15, 0.2) is 0 Å². The lowest BCUT2D eigenvalue weighted by Gasteiger charge is -2.17. The van der Waals surface area contributed by atoms with Gasteiger partial charge in [-0.2, -0.15) is 15.0 Å². The van der Waals surface area contributed by atoms with E-state index in [4.69, 9.17) is 0 Å². The number of anilines is 3. The van der Waals surface area contributed by atoms with Crippen LogP contribution in [0.2, 0.25) is 0 Å². The van der Waals surface area contributed by atoms with Gasteiger partial charge in [-0.15, -0.1) is 0 Å². The first-order valence-electron chi connectivity index (χ1n) is 7.60. The third-order valence-electron chi connectivity index (χ3n) is 4.16. The summed E-state index contributed by atoms with van der Waals surface area (Å²) in [6, 6.07) is 0.478. The van der Waals surface area contributed by atoms with Crippen molar-refractivity contribution in [1.82, 2.24) is 15.0 Å². The molecule has 2 N–H and O–H groups in total. The van der Waals surface area contributed by atoms with Gasteiger partial charge in [-0.05, 0) is 31.6 Å². The lowest BCUT2D eigenvalue weighted by Crippen LogP contribution is -2.23. The number of rotatable bonds is 5. The fourth-order valence-corrected chi connectivity index (χ4v) is 2.59. The maximum Gasteiger partial charge on any atom is 0.231 e. The van der Waals surface area contributed by atoms with E-state index in [2.05, 4.69) is 51.3 Å². The Kier molecular flexibility index (Phi) is 3.40. The van der Waals surface area contributed by atoms with Crippen molar-refractivity contribution in [2.45, 2.75) is 46.1 Å². The first-order valence-corrected chi connectivity index (χ1v) is 7.60. The molecule has 2 heterocycles. The Bertz CT molecular complexity index is 481. The largest absolute Gasteiger partial charge is 0.354 e. The molecular weight excluding hydrogens is 252 g/mol. The molecule has 3 rings (SSSR count). The smallest absolute Gasteiger partial charge is 0.231 e. The number of nitrogens with one attached hydrogen (secondary N) is 2. The Hall–Kier alpha value is -1.59. The fourth-order valence-electron chi connectivity index (χ4n) is 2.59. The molecule has 1 unspecified atom stereocenters. The molecule has 0 radical (unpaired) electrons. The van der Waals surface area contributed by atoms with Crippen LogP contribution in [0.5, 0.6) is 0 Å². The third kappa shape index (κ3) is 2.78. The highest BCUT2D eigenvalue weighted by Gasteiger charge is 2.46. The summed E-state index contributed by atoms with van der Waals surface area (Å²) in [4.78, 5) is 15.8. The molecule has 1 aliphatic carbocycles. The molecule has 6 heteroatoms. The topological polar surface area (TPSA) is 66.0 Å². The van der Waals surface area contributed by atoms with Crippen LogP contribution in [0.1, 0.15) is 40.0 Å². The van der Waals surface area contributed by atoms with Crippen molar-refractivity contribution in [3.05, 3.63) is 0 Å². The highest BCUT2D eigenvalue weighted by atomic mass is 15.3. The predicted molar refractivity (Wildman–Crippen MR) is 81.2 cm³/mol. The van der Waals surface area contributed by atoms with E-state index in [1.54, 1.807) is 0 Å². The van der Waals surface area contributed by atoms with Gasteiger partial charge >= 0.3 is 0 Å². The van der Waals surface area contributed by atoms with Gasteiger partial charge < -0.3 is 15.5 Å². The van der Waals surface area contributed by atoms with Crippen LogP contribution in [0.3, 0.4) is 0 Å². The number of hydrogen-bond donors (Lipinski definition) is 2. The minimum absolute atomic E-state index is 0.360. The van der Waals surface area contributed by atoms with E-state index in [-0.39, 0.29) is 0 Å². The second-order valence-electron chi connectivity index (χ2n) is 6.40. The third-order valence-corrected chi connectivity index (χ3v) is 4.16. The summed E-state index contributed by atoms with van der Waals surface area (Å²) in [6.07, 6.45) is 3.62. The van der Waals surface area contributed by atoms with E-state index in [0.717, 1.165) is 25.6 Å². The molecule has 1 aliphatic heterocycles. The minimum Gasteiger partial charge on any atom is -0.354 e. The van der Waals surface area contributed by atoms with Crippen LogP contribution in [0.4, 0.5) is 17.8 Å². The molecule has 1 saturated heterocycles. The molecule has 1 saturated carbocycles. The second kappa shape index (κ2) is 5.07. The van der Waals surface area contributed by atoms with E-state index < -0.39 is 0 Å². The fraction of sp³-hybridized carbons (Fsp3) is 0.786. The molecule has 2 fully saturated rings. The second-order valence-corrected chi connectivity index (χ2v) is 6.40. The van der Waals surface area contributed by atoms with Crippen molar-refractivity contribution < 1.29 is 0 Å². The summed E-state index contributed by atoms with van der Waals surface area (Å²) in [5, 5.41) is 6.64. The van der Waals surface area contributed by atoms with Crippen LogP contribution < -0.4 is 15.5 Å². The summed E-state index contributed by atoms with van der Waals surface area (Å²) >= 11 is 0. The van der Waals surface area contributed by atoms with Crippen LogP contribution in [0, 0.1) is 5.41 Å². The molecule has 1 aromatic heterocycles. The van der Waals surface area contributed by atoms with E-state index in [0.29, 0.717) is 23.4 Å². The molecule has 20 heavy (non-hydrogen) atoms. The van der Waals surface area contributed by atoms with Gasteiger partial charge in [0, 0.05) is 25.7 Å². The molecule has 1 atom stereocenters. The molecule has 110 valence electrons. The van der Waals surface area contributed by atoms with Crippen molar-refractivity contribution in [2.75, 3.05) is 35.2 Å². The van der Waals surface area contributed by atoms with Gasteiger partial charge in [0.1, 0.15) is 0 Å². The molecule has 0 amide bonds. The van der Waals surface area contributed by atoms with E-state index >= 15 is 0 Å². The van der Waals surface area contributed by atoms with E-state index in [1.165, 1.54) is 19.3 Å². The Morgan fingerprint density at radius 3 is 2.40 bits per heavy atom. The lowest BCUT2D eigenvalue weighted by molar-refractivity contribution is 0.628. The van der Waals surface area contributed by atoms with E-state index in [1.807, 2.05) is 0 Å². The zero-order valence-electron chi connectivity index (χ0n) is 12.6. The Balaban J connectivity index is 1.80. The van der Waals surface area contributed by atoms with Crippen LogP contribution in [-0.2, 0) is 0 Å². The SMILES string of the molecule is CCNc1nc(NC2CC2(C)C)nc(N2CCCC2)n1. The number of hydrogen-bond acceptors (Lipinski definition) is 6. The molecule has 0 aromatic carbocycles. The van der Waals surface area contributed by atoms with Gasteiger partial charge in [0.05, 0.1) is 0 Å². The predicted octanol–water partition coefficient (Wildman–Crippen LogP) is 2.11. The molecule has 0 bridgehead atoms. The van der Waals surface area contributed by atoms with Crippen molar-refractivity contribution in [1.29, 1.82) is 0 Å². The van der Waals surface area contributed by atoms with Crippen LogP contribution in [0.15, 0.2) is 0 Å². The molecule has 2 aliphatic rings. The summed E-state index contributed by atoms with van der Waals surface area (Å²) in [6.45, 7) is 9.49. The normalized spacial score (nSPS) is 23.8. The van der Waals surface area contributed by atoms with Crippen LogP contribution in [0.25, 0.3) is 0 Å². The first kappa shape index (κ1) is 13.4. The average Bonchev–Trinajstić information content (AvgIpc) is 2.83. The van der Waals surface area contributed by atoms with E-state index in [9.17, 15) is 0 Å². The van der Waals surface area contributed by atoms with Crippen LogP contribution in [-0.4, -0.2) is 40.6 Å². The monoisotopic (exact) mass is 276 g/mol. The quantitative estimate of drug-likeness (QED) is 0.858. The maximum absolute atomic E-state index is 4.60. The van der Waals surface area contributed by atoms with Crippen molar-refractivity contribution in [3.8, 4) is 0 Å². The zero-order valence-corrected chi connectivity index (χ0v) is 12.6. The molecule has 6 nitrogen and oxygen atoms in total. The highest BCUT2D eigenvalue weighted by Crippen LogP contribution is 2.46. The molecule has 0 spiro atoms. The number of aromatic nitrogens is 3. The van der Waals surface area contributed by atoms with Crippen molar-refractivity contribution in [2.24, 2.45) is 5.41 Å². The summed E-state index contributed by atoms with van der Waals surface area (Å²) in [5.74, 6) is 2.17. The van der Waals surface area contributed by atoms with Crippen molar-refractivity contribution >= 4 is 17.8 Å². The van der Waals surface area contributed by atoms with Gasteiger partial charge in [-0.3, -0.25) is 0 Å². The summed E-state index contributed by atoms with van der Waals surface area (Å²) in [5.41, 5.74) is 0.360. The van der Waals surface area contributed by atoms with Crippen molar-refractivity contribution in [3.63, 3.8) is 0 Å². The summed E-state index contributed by atoms with van der Waals surface area (Å²) in [7, 11) is 0.